The molecule has 0 radical (unpaired) electrons. The predicted molar refractivity (Wildman–Crippen MR) is 64.6 cm³/mol. The van der Waals surface area contributed by atoms with Crippen LogP contribution in [0.3, 0.4) is 0 Å². The number of methoxy groups -OCH3 is 1. The van der Waals surface area contributed by atoms with Crippen LogP contribution in [0, 0.1) is 0 Å². The number of ether oxygens (including phenoxy) is 1. The summed E-state index contributed by atoms with van der Waals surface area (Å²) in [6.07, 6.45) is 2.80. The van der Waals surface area contributed by atoms with Crippen LogP contribution < -0.4 is 9.64 Å². The number of amides is 1. The summed E-state index contributed by atoms with van der Waals surface area (Å²) in [5.74, 6) is 0.354. The van der Waals surface area contributed by atoms with Crippen LogP contribution in [0.4, 0.5) is 5.69 Å². The first-order valence-electron chi connectivity index (χ1n) is 5.31. The highest BCUT2D eigenvalue weighted by Crippen LogP contribution is 2.34. The van der Waals surface area contributed by atoms with Crippen LogP contribution in [0.15, 0.2) is 24.8 Å². The van der Waals surface area contributed by atoms with Crippen LogP contribution in [0.5, 0.6) is 5.75 Å². The molecule has 0 fully saturated rings. The van der Waals surface area contributed by atoms with E-state index in [0.717, 1.165) is 24.0 Å². The number of hydrogen-bond donors (Lipinski definition) is 0. The Balaban J connectivity index is 2.49. The summed E-state index contributed by atoms with van der Waals surface area (Å²) in [6, 6.07) is 3.50. The highest BCUT2D eigenvalue weighted by molar-refractivity contribution is 6.03. The molecule has 0 aliphatic carbocycles. The molecule has 1 aliphatic rings. The van der Waals surface area contributed by atoms with Crippen molar-refractivity contribution in [1.29, 1.82) is 0 Å². The van der Waals surface area contributed by atoms with E-state index >= 15 is 0 Å². The molecule has 88 valence electrons. The van der Waals surface area contributed by atoms with Gasteiger partial charge in [0.15, 0.2) is 6.29 Å². The molecular weight excluding hydrogens is 218 g/mol. The molecule has 4 nitrogen and oxygen atoms in total. The first kappa shape index (κ1) is 11.4. The van der Waals surface area contributed by atoms with E-state index in [1.807, 2.05) is 0 Å². The van der Waals surface area contributed by atoms with Gasteiger partial charge >= 0.3 is 0 Å². The zero-order chi connectivity index (χ0) is 12.4. The zero-order valence-corrected chi connectivity index (χ0v) is 9.60. The van der Waals surface area contributed by atoms with E-state index in [1.54, 1.807) is 17.0 Å². The van der Waals surface area contributed by atoms with Crippen molar-refractivity contribution < 1.29 is 14.3 Å². The largest absolute Gasteiger partial charge is 0.496 e. The van der Waals surface area contributed by atoms with Gasteiger partial charge in [0.05, 0.1) is 18.4 Å². The minimum atomic E-state index is -0.135. The molecule has 17 heavy (non-hydrogen) atoms. The van der Waals surface area contributed by atoms with Gasteiger partial charge in [-0.25, -0.2) is 0 Å². The first-order valence-corrected chi connectivity index (χ1v) is 5.31. The Bertz CT molecular complexity index is 494. The molecule has 0 atom stereocenters. The van der Waals surface area contributed by atoms with Gasteiger partial charge in [0.2, 0.25) is 5.91 Å². The molecule has 1 aliphatic heterocycles. The van der Waals surface area contributed by atoms with Crippen LogP contribution in [-0.4, -0.2) is 25.8 Å². The molecule has 4 heteroatoms. The third-order valence-corrected chi connectivity index (χ3v) is 2.89. The lowest BCUT2D eigenvalue weighted by Gasteiger charge is -2.16. The highest BCUT2D eigenvalue weighted by Gasteiger charge is 2.24. The number of benzene rings is 1. The maximum Gasteiger partial charge on any atom is 0.250 e. The fourth-order valence-corrected chi connectivity index (χ4v) is 2.05. The molecule has 1 heterocycles. The maximum atomic E-state index is 11.6. The van der Waals surface area contributed by atoms with Crippen molar-refractivity contribution in [3.8, 4) is 5.75 Å². The lowest BCUT2D eigenvalue weighted by atomic mass is 10.1. The molecule has 0 spiro atoms. The second kappa shape index (κ2) is 4.41. The van der Waals surface area contributed by atoms with Crippen LogP contribution in [0.25, 0.3) is 0 Å². The standard InChI is InChI=1S/C13H13NO3/c1-3-13(16)14-5-4-9-6-10(8-15)12(17-2)7-11(9)14/h3,6-8H,1,4-5H2,2H3. The van der Waals surface area contributed by atoms with Gasteiger partial charge < -0.3 is 9.64 Å². The number of anilines is 1. The van der Waals surface area contributed by atoms with Gasteiger partial charge in [-0.05, 0) is 24.1 Å². The second-order valence-corrected chi connectivity index (χ2v) is 3.78. The molecule has 1 aromatic carbocycles. The van der Waals surface area contributed by atoms with Crippen LogP contribution in [0.2, 0.25) is 0 Å². The van der Waals surface area contributed by atoms with Crippen LogP contribution in [0.1, 0.15) is 15.9 Å². The Labute approximate surface area is 99.5 Å². The first-order chi connectivity index (χ1) is 8.21. The number of carbonyl (C=O) groups excluding carboxylic acids is 2. The topological polar surface area (TPSA) is 46.6 Å². The average Bonchev–Trinajstić information content (AvgIpc) is 2.78. The summed E-state index contributed by atoms with van der Waals surface area (Å²) in [5, 5.41) is 0. The average molecular weight is 231 g/mol. The molecule has 0 N–H and O–H groups in total. The molecule has 0 saturated carbocycles. The lowest BCUT2D eigenvalue weighted by Crippen LogP contribution is -2.26. The molecule has 0 saturated heterocycles. The van der Waals surface area contributed by atoms with Gasteiger partial charge in [0.25, 0.3) is 0 Å². The Kier molecular flexibility index (Phi) is 2.95. The maximum absolute atomic E-state index is 11.6. The Hall–Kier alpha value is -2.10. The summed E-state index contributed by atoms with van der Waals surface area (Å²) >= 11 is 0. The van der Waals surface area contributed by atoms with E-state index in [0.29, 0.717) is 17.9 Å². The summed E-state index contributed by atoms with van der Waals surface area (Å²) in [4.78, 5) is 24.1. The molecule has 0 bridgehead atoms. The molecule has 1 amide bonds. The molecule has 0 aromatic heterocycles. The lowest BCUT2D eigenvalue weighted by molar-refractivity contribution is -0.114. The second-order valence-electron chi connectivity index (χ2n) is 3.78. The summed E-state index contributed by atoms with van der Waals surface area (Å²) < 4.78 is 5.13. The van der Waals surface area contributed by atoms with Gasteiger partial charge in [-0.2, -0.15) is 0 Å². The molecule has 0 unspecified atom stereocenters. The van der Waals surface area contributed by atoms with Crippen molar-refractivity contribution in [3.63, 3.8) is 0 Å². The number of hydrogen-bond acceptors (Lipinski definition) is 3. The van der Waals surface area contributed by atoms with Gasteiger partial charge in [-0.15, -0.1) is 0 Å². The summed E-state index contributed by atoms with van der Waals surface area (Å²) in [5.41, 5.74) is 2.31. The zero-order valence-electron chi connectivity index (χ0n) is 9.60. The summed E-state index contributed by atoms with van der Waals surface area (Å²) in [6.45, 7) is 4.09. The predicted octanol–water partition coefficient (Wildman–Crippen LogP) is 1.58. The van der Waals surface area contributed by atoms with E-state index in [2.05, 4.69) is 6.58 Å². The fourth-order valence-electron chi connectivity index (χ4n) is 2.05. The minimum Gasteiger partial charge on any atom is -0.496 e. The van der Waals surface area contributed by atoms with Crippen molar-refractivity contribution in [1.82, 2.24) is 0 Å². The molecular formula is C13H13NO3. The van der Waals surface area contributed by atoms with E-state index in [4.69, 9.17) is 4.74 Å². The van der Waals surface area contributed by atoms with E-state index in [1.165, 1.54) is 13.2 Å². The van der Waals surface area contributed by atoms with Crippen molar-refractivity contribution in [3.05, 3.63) is 35.9 Å². The quantitative estimate of drug-likeness (QED) is 0.586. The normalized spacial score (nSPS) is 13.1. The number of aldehydes is 1. The molecule has 2 rings (SSSR count). The van der Waals surface area contributed by atoms with Gasteiger partial charge in [-0.3, -0.25) is 9.59 Å². The van der Waals surface area contributed by atoms with Crippen molar-refractivity contribution in [2.24, 2.45) is 0 Å². The number of fused-ring (bicyclic) bond motifs is 1. The number of carbonyl (C=O) groups is 2. The van der Waals surface area contributed by atoms with Gasteiger partial charge in [0.1, 0.15) is 5.75 Å². The third kappa shape index (κ3) is 1.82. The smallest absolute Gasteiger partial charge is 0.250 e. The Morgan fingerprint density at radius 3 is 2.88 bits per heavy atom. The van der Waals surface area contributed by atoms with Crippen molar-refractivity contribution in [2.75, 3.05) is 18.6 Å². The van der Waals surface area contributed by atoms with Crippen molar-refractivity contribution in [2.45, 2.75) is 6.42 Å². The Morgan fingerprint density at radius 2 is 2.29 bits per heavy atom. The van der Waals surface area contributed by atoms with E-state index in [9.17, 15) is 9.59 Å². The molecule has 1 aromatic rings. The summed E-state index contributed by atoms with van der Waals surface area (Å²) in [7, 11) is 1.50. The SMILES string of the molecule is C=CC(=O)N1CCc2cc(C=O)c(OC)cc21. The van der Waals surface area contributed by atoms with Gasteiger partial charge in [-0.1, -0.05) is 6.58 Å². The highest BCUT2D eigenvalue weighted by atomic mass is 16.5. The van der Waals surface area contributed by atoms with E-state index < -0.39 is 0 Å². The monoisotopic (exact) mass is 231 g/mol. The van der Waals surface area contributed by atoms with Crippen molar-refractivity contribution >= 4 is 17.9 Å². The number of rotatable bonds is 3. The Morgan fingerprint density at radius 1 is 1.53 bits per heavy atom. The number of nitrogens with zero attached hydrogens (tertiary/aromatic N) is 1. The fraction of sp³-hybridized carbons (Fsp3) is 0.231. The minimum absolute atomic E-state index is 0.135. The van der Waals surface area contributed by atoms with Crippen LogP contribution in [-0.2, 0) is 11.2 Å². The van der Waals surface area contributed by atoms with Gasteiger partial charge in [0, 0.05) is 12.6 Å². The van der Waals surface area contributed by atoms with Crippen LogP contribution >= 0.6 is 0 Å². The van der Waals surface area contributed by atoms with E-state index in [-0.39, 0.29) is 5.91 Å². The third-order valence-electron chi connectivity index (χ3n) is 2.89.